The Bertz CT molecular complexity index is 1080. The SMILES string of the molecule is COc1ccc(F)cc1-c1c(/C(N)=N/O)cc(Cl)cc1-c1ccc(O)c(C)c1. The molecule has 4 N–H and O–H groups in total. The van der Waals surface area contributed by atoms with Gasteiger partial charge in [-0.2, -0.15) is 0 Å². The van der Waals surface area contributed by atoms with Crippen LogP contribution in [0.25, 0.3) is 22.3 Å². The van der Waals surface area contributed by atoms with Gasteiger partial charge >= 0.3 is 0 Å². The standard InChI is InChI=1S/C21H18ClFN2O3/c1-11-7-12(3-5-18(11)26)15-8-13(22)9-17(21(24)25-27)20(15)16-10-14(23)4-6-19(16)28-2/h3-10,26-27H,1-2H3,(H2,24,25). The van der Waals surface area contributed by atoms with Crippen LogP contribution in [0.15, 0.2) is 53.7 Å². The van der Waals surface area contributed by atoms with Gasteiger partial charge < -0.3 is 20.8 Å². The van der Waals surface area contributed by atoms with Crippen molar-refractivity contribution in [3.63, 3.8) is 0 Å². The highest BCUT2D eigenvalue weighted by molar-refractivity contribution is 6.31. The van der Waals surface area contributed by atoms with Crippen LogP contribution in [0.4, 0.5) is 4.39 Å². The van der Waals surface area contributed by atoms with Gasteiger partial charge in [-0.1, -0.05) is 22.8 Å². The van der Waals surface area contributed by atoms with E-state index in [0.717, 1.165) is 0 Å². The van der Waals surface area contributed by atoms with Crippen molar-refractivity contribution in [2.24, 2.45) is 10.9 Å². The Kier molecular flexibility index (Phi) is 5.42. The van der Waals surface area contributed by atoms with Crippen LogP contribution in [0.1, 0.15) is 11.1 Å². The van der Waals surface area contributed by atoms with Crippen LogP contribution >= 0.6 is 11.6 Å². The van der Waals surface area contributed by atoms with Gasteiger partial charge in [0.05, 0.1) is 7.11 Å². The number of aryl methyl sites for hydroxylation is 1. The van der Waals surface area contributed by atoms with E-state index in [4.69, 9.17) is 22.1 Å². The van der Waals surface area contributed by atoms with E-state index >= 15 is 0 Å². The fourth-order valence-corrected chi connectivity index (χ4v) is 3.30. The predicted octanol–water partition coefficient (Wildman–Crippen LogP) is 4.93. The van der Waals surface area contributed by atoms with Gasteiger partial charge in [0, 0.05) is 21.7 Å². The zero-order valence-corrected chi connectivity index (χ0v) is 16.0. The van der Waals surface area contributed by atoms with E-state index in [9.17, 15) is 14.7 Å². The molecule has 3 aromatic carbocycles. The summed E-state index contributed by atoms with van der Waals surface area (Å²) in [6.45, 7) is 1.76. The van der Waals surface area contributed by atoms with E-state index in [0.29, 0.717) is 44.2 Å². The topological polar surface area (TPSA) is 88.1 Å². The molecule has 0 bridgehead atoms. The molecule has 0 saturated heterocycles. The maximum Gasteiger partial charge on any atom is 0.170 e. The van der Waals surface area contributed by atoms with Crippen LogP contribution < -0.4 is 10.5 Å². The highest BCUT2D eigenvalue weighted by Crippen LogP contribution is 2.42. The molecule has 5 nitrogen and oxygen atoms in total. The molecule has 0 saturated carbocycles. The number of methoxy groups -OCH3 is 1. The molecule has 0 aliphatic carbocycles. The molecular formula is C21H18ClFN2O3. The minimum atomic E-state index is -0.468. The molecule has 3 aromatic rings. The lowest BCUT2D eigenvalue weighted by molar-refractivity contribution is 0.318. The summed E-state index contributed by atoms with van der Waals surface area (Å²) in [6, 6.07) is 12.4. The van der Waals surface area contributed by atoms with E-state index in [1.807, 2.05) is 0 Å². The van der Waals surface area contributed by atoms with E-state index in [1.54, 1.807) is 31.2 Å². The van der Waals surface area contributed by atoms with E-state index < -0.39 is 5.82 Å². The maximum atomic E-state index is 14.1. The molecule has 0 spiro atoms. The van der Waals surface area contributed by atoms with Crippen molar-refractivity contribution in [3.8, 4) is 33.8 Å². The smallest absolute Gasteiger partial charge is 0.170 e. The van der Waals surface area contributed by atoms with Gasteiger partial charge in [-0.05, 0) is 66.1 Å². The number of aromatic hydroxyl groups is 1. The maximum absolute atomic E-state index is 14.1. The fraction of sp³-hybridized carbons (Fsp3) is 0.0952. The average molecular weight is 401 g/mol. The number of hydrogen-bond donors (Lipinski definition) is 3. The molecule has 28 heavy (non-hydrogen) atoms. The largest absolute Gasteiger partial charge is 0.508 e. The molecule has 0 unspecified atom stereocenters. The monoisotopic (exact) mass is 400 g/mol. The molecule has 0 heterocycles. The van der Waals surface area contributed by atoms with Crippen molar-refractivity contribution in [3.05, 3.63) is 70.5 Å². The summed E-state index contributed by atoms with van der Waals surface area (Å²) in [5, 5.41) is 22.6. The molecule has 3 rings (SSSR count). The summed E-state index contributed by atoms with van der Waals surface area (Å²) in [5.41, 5.74) is 9.10. The summed E-state index contributed by atoms with van der Waals surface area (Å²) in [5.74, 6) is -0.0932. The third-order valence-electron chi connectivity index (χ3n) is 4.43. The van der Waals surface area contributed by atoms with Crippen LogP contribution in [0.2, 0.25) is 5.02 Å². The Morgan fingerprint density at radius 1 is 1.11 bits per heavy atom. The number of rotatable bonds is 4. The van der Waals surface area contributed by atoms with E-state index in [-0.39, 0.29) is 11.6 Å². The molecule has 0 aromatic heterocycles. The lowest BCUT2D eigenvalue weighted by Crippen LogP contribution is -2.15. The summed E-state index contributed by atoms with van der Waals surface area (Å²) in [6.07, 6.45) is 0. The number of phenols is 1. The zero-order valence-electron chi connectivity index (χ0n) is 15.2. The van der Waals surface area contributed by atoms with Crippen LogP contribution in [-0.4, -0.2) is 23.3 Å². The van der Waals surface area contributed by atoms with Gasteiger partial charge in [-0.25, -0.2) is 4.39 Å². The first-order chi connectivity index (χ1) is 13.3. The summed E-state index contributed by atoms with van der Waals surface area (Å²) >= 11 is 6.29. The average Bonchev–Trinajstić information content (AvgIpc) is 2.68. The van der Waals surface area contributed by atoms with Gasteiger partial charge in [0.25, 0.3) is 0 Å². The molecule has 0 aliphatic heterocycles. The Morgan fingerprint density at radius 2 is 1.86 bits per heavy atom. The molecule has 0 fully saturated rings. The molecule has 0 atom stereocenters. The van der Waals surface area contributed by atoms with Crippen LogP contribution in [0.5, 0.6) is 11.5 Å². The molecule has 7 heteroatoms. The second-order valence-electron chi connectivity index (χ2n) is 6.21. The Hall–Kier alpha value is -3.25. The van der Waals surface area contributed by atoms with Gasteiger partial charge in [0.2, 0.25) is 0 Å². The summed E-state index contributed by atoms with van der Waals surface area (Å²) in [4.78, 5) is 0. The Labute approximate surface area is 166 Å². The van der Waals surface area contributed by atoms with Gasteiger partial charge in [-0.15, -0.1) is 0 Å². The fourth-order valence-electron chi connectivity index (χ4n) is 3.08. The lowest BCUT2D eigenvalue weighted by atomic mass is 9.89. The van der Waals surface area contributed by atoms with Crippen molar-refractivity contribution < 1.29 is 19.4 Å². The van der Waals surface area contributed by atoms with Gasteiger partial charge in [0.15, 0.2) is 5.84 Å². The number of phenolic OH excluding ortho intramolecular Hbond substituents is 1. The molecule has 0 radical (unpaired) electrons. The summed E-state index contributed by atoms with van der Waals surface area (Å²) in [7, 11) is 1.47. The minimum Gasteiger partial charge on any atom is -0.508 e. The number of oxime groups is 1. The van der Waals surface area contributed by atoms with E-state index in [2.05, 4.69) is 5.16 Å². The number of benzene rings is 3. The third-order valence-corrected chi connectivity index (χ3v) is 4.64. The van der Waals surface area contributed by atoms with E-state index in [1.165, 1.54) is 31.4 Å². The number of nitrogens with zero attached hydrogens (tertiary/aromatic N) is 1. The first-order valence-electron chi connectivity index (χ1n) is 8.31. The van der Waals surface area contributed by atoms with Crippen molar-refractivity contribution in [1.82, 2.24) is 0 Å². The second-order valence-corrected chi connectivity index (χ2v) is 6.64. The van der Waals surface area contributed by atoms with Gasteiger partial charge in [0.1, 0.15) is 17.3 Å². The van der Waals surface area contributed by atoms with Gasteiger partial charge in [-0.3, -0.25) is 0 Å². The third kappa shape index (κ3) is 3.59. The number of hydrogen-bond acceptors (Lipinski definition) is 4. The quantitative estimate of drug-likeness (QED) is 0.251. The van der Waals surface area contributed by atoms with Crippen LogP contribution in [0.3, 0.4) is 0 Å². The molecular weight excluding hydrogens is 383 g/mol. The Morgan fingerprint density at radius 3 is 2.50 bits per heavy atom. The highest BCUT2D eigenvalue weighted by atomic mass is 35.5. The van der Waals surface area contributed by atoms with Crippen molar-refractivity contribution in [1.29, 1.82) is 0 Å². The number of halogens is 2. The van der Waals surface area contributed by atoms with Crippen LogP contribution in [-0.2, 0) is 0 Å². The summed E-state index contributed by atoms with van der Waals surface area (Å²) < 4.78 is 19.5. The lowest BCUT2D eigenvalue weighted by Gasteiger charge is -2.18. The predicted molar refractivity (Wildman–Crippen MR) is 108 cm³/mol. The minimum absolute atomic E-state index is 0.146. The molecule has 0 aliphatic rings. The normalized spacial score (nSPS) is 11.5. The molecule has 144 valence electrons. The second kappa shape index (κ2) is 7.78. The van der Waals surface area contributed by atoms with Crippen molar-refractivity contribution in [2.45, 2.75) is 6.92 Å². The highest BCUT2D eigenvalue weighted by Gasteiger charge is 2.21. The van der Waals surface area contributed by atoms with Crippen LogP contribution in [0, 0.1) is 12.7 Å². The number of nitrogens with two attached hydrogens (primary N) is 1. The first-order valence-corrected chi connectivity index (χ1v) is 8.68. The zero-order chi connectivity index (χ0) is 20.4. The van der Waals surface area contributed by atoms with Crippen molar-refractivity contribution in [2.75, 3.05) is 7.11 Å². The number of ether oxygens (including phenoxy) is 1. The number of amidine groups is 1. The molecule has 0 amide bonds. The van der Waals surface area contributed by atoms with Crippen molar-refractivity contribution >= 4 is 17.4 Å². The first kappa shape index (κ1) is 19.5. The Balaban J connectivity index is 2.45.